The summed E-state index contributed by atoms with van der Waals surface area (Å²) < 4.78 is 1.56. The minimum atomic E-state index is -0.411. The number of aryl methyl sites for hydroxylation is 1. The molecule has 0 bridgehead atoms. The molecule has 3 heterocycles. The molecule has 1 aromatic carbocycles. The molecule has 11 heteroatoms. The highest BCUT2D eigenvalue weighted by Crippen LogP contribution is 2.33. The first-order chi connectivity index (χ1) is 17.3. The van der Waals surface area contributed by atoms with Crippen LogP contribution in [0.3, 0.4) is 0 Å². The molecule has 11 nitrogen and oxygen atoms in total. The number of aromatic nitrogens is 4. The van der Waals surface area contributed by atoms with Crippen LogP contribution >= 0.6 is 0 Å². The Labute approximate surface area is 208 Å². The number of carbonyl (C=O) groups is 2. The molecule has 0 unspecified atom stereocenters. The van der Waals surface area contributed by atoms with E-state index in [1.165, 1.54) is 6.33 Å². The van der Waals surface area contributed by atoms with Gasteiger partial charge in [0.05, 0.1) is 5.56 Å². The Kier molecular flexibility index (Phi) is 7.40. The molecular weight excluding hydrogens is 458 g/mol. The highest BCUT2D eigenvalue weighted by atomic mass is 16.2. The second-order valence-electron chi connectivity index (χ2n) is 8.59. The predicted octanol–water partition coefficient (Wildman–Crippen LogP) is 3.01. The molecule has 0 saturated heterocycles. The van der Waals surface area contributed by atoms with Crippen molar-refractivity contribution in [2.45, 2.75) is 13.3 Å². The molecule has 4 aromatic rings. The summed E-state index contributed by atoms with van der Waals surface area (Å²) in [7, 11) is 3.98. The number of nitrogens with two attached hydrogens (primary N) is 1. The van der Waals surface area contributed by atoms with E-state index in [1.54, 1.807) is 28.9 Å². The van der Waals surface area contributed by atoms with Gasteiger partial charge in [-0.1, -0.05) is 18.2 Å². The van der Waals surface area contributed by atoms with Gasteiger partial charge in [0, 0.05) is 29.7 Å². The van der Waals surface area contributed by atoms with Crippen LogP contribution in [0.5, 0.6) is 0 Å². The van der Waals surface area contributed by atoms with Crippen molar-refractivity contribution in [1.29, 1.82) is 0 Å². The van der Waals surface area contributed by atoms with E-state index in [2.05, 4.69) is 35.9 Å². The van der Waals surface area contributed by atoms with Gasteiger partial charge in [-0.25, -0.2) is 19.3 Å². The SMILES string of the molecule is Cc1cccc(NC(=O)Nc2ccc(-c3c(C(=O)NCCCN(C)C)cn4ncnc(N)c34)cc2)n1. The topological polar surface area (TPSA) is 143 Å². The minimum Gasteiger partial charge on any atom is -0.382 e. The number of urea groups is 1. The molecule has 0 radical (unpaired) electrons. The third kappa shape index (κ3) is 5.76. The van der Waals surface area contributed by atoms with Gasteiger partial charge in [0.2, 0.25) is 0 Å². The number of benzene rings is 1. The maximum atomic E-state index is 13.1. The zero-order valence-corrected chi connectivity index (χ0v) is 20.4. The van der Waals surface area contributed by atoms with E-state index >= 15 is 0 Å². The first kappa shape index (κ1) is 24.6. The number of amides is 3. The van der Waals surface area contributed by atoms with Crippen LogP contribution in [-0.4, -0.2) is 63.6 Å². The Morgan fingerprint density at radius 1 is 1.08 bits per heavy atom. The van der Waals surface area contributed by atoms with Crippen molar-refractivity contribution in [2.75, 3.05) is 43.6 Å². The summed E-state index contributed by atoms with van der Waals surface area (Å²) in [6.45, 7) is 3.26. The van der Waals surface area contributed by atoms with Crippen LogP contribution in [0.2, 0.25) is 0 Å². The normalized spacial score (nSPS) is 11.0. The number of nitrogens with zero attached hydrogens (tertiary/aromatic N) is 5. The van der Waals surface area contributed by atoms with Gasteiger partial charge >= 0.3 is 6.03 Å². The van der Waals surface area contributed by atoms with Crippen molar-refractivity contribution in [3.05, 3.63) is 66.2 Å². The molecule has 0 aliphatic carbocycles. The first-order valence-electron chi connectivity index (χ1n) is 11.5. The molecule has 0 aliphatic rings. The average Bonchev–Trinajstić information content (AvgIpc) is 3.23. The minimum absolute atomic E-state index is 0.221. The standard InChI is InChI=1S/C25H29N9O2/c1-16-6-4-7-20(30-16)32-25(36)31-18-10-8-17(9-11-18)21-19(24(35)27-12-5-13-33(2)3)14-34-22(21)23(26)28-15-29-34/h4,6-11,14-15H,5,12-13H2,1-3H3,(H,27,35)(H2,26,28,29)(H2,30,31,32,36). The Morgan fingerprint density at radius 2 is 1.86 bits per heavy atom. The maximum absolute atomic E-state index is 13.1. The van der Waals surface area contributed by atoms with Gasteiger partial charge in [-0.05, 0) is 63.8 Å². The van der Waals surface area contributed by atoms with Gasteiger partial charge in [0.1, 0.15) is 17.7 Å². The lowest BCUT2D eigenvalue weighted by atomic mass is 10.0. The Bertz CT molecular complexity index is 1380. The number of rotatable bonds is 8. The summed E-state index contributed by atoms with van der Waals surface area (Å²) in [6.07, 6.45) is 3.82. The van der Waals surface area contributed by atoms with Gasteiger partial charge in [-0.2, -0.15) is 5.10 Å². The summed E-state index contributed by atoms with van der Waals surface area (Å²) >= 11 is 0. The highest BCUT2D eigenvalue weighted by molar-refractivity contribution is 6.07. The lowest BCUT2D eigenvalue weighted by Crippen LogP contribution is -2.27. The number of carbonyl (C=O) groups excluding carboxylic acids is 2. The lowest BCUT2D eigenvalue weighted by Gasteiger charge is -2.11. The third-order valence-electron chi connectivity index (χ3n) is 5.48. The predicted molar refractivity (Wildman–Crippen MR) is 140 cm³/mol. The van der Waals surface area contributed by atoms with Crippen molar-refractivity contribution < 1.29 is 9.59 Å². The Morgan fingerprint density at radius 3 is 2.58 bits per heavy atom. The van der Waals surface area contributed by atoms with E-state index < -0.39 is 6.03 Å². The van der Waals surface area contributed by atoms with Crippen molar-refractivity contribution >= 4 is 34.8 Å². The van der Waals surface area contributed by atoms with Gasteiger partial charge < -0.3 is 21.3 Å². The number of fused-ring (bicyclic) bond motifs is 1. The number of hydrogen-bond acceptors (Lipinski definition) is 7. The molecule has 0 aliphatic heterocycles. The van der Waals surface area contributed by atoms with E-state index in [9.17, 15) is 9.59 Å². The summed E-state index contributed by atoms with van der Waals surface area (Å²) in [6, 6.07) is 12.1. The highest BCUT2D eigenvalue weighted by Gasteiger charge is 2.21. The van der Waals surface area contributed by atoms with E-state index in [0.29, 0.717) is 34.7 Å². The van der Waals surface area contributed by atoms with Gasteiger partial charge in [0.15, 0.2) is 5.82 Å². The second-order valence-corrected chi connectivity index (χ2v) is 8.59. The second kappa shape index (κ2) is 10.8. The number of pyridine rings is 1. The molecule has 5 N–H and O–H groups in total. The van der Waals surface area contributed by atoms with Crippen molar-refractivity contribution in [3.63, 3.8) is 0 Å². The summed E-state index contributed by atoms with van der Waals surface area (Å²) in [5.41, 5.74) is 9.89. The fourth-order valence-electron chi connectivity index (χ4n) is 3.80. The molecule has 0 spiro atoms. The smallest absolute Gasteiger partial charge is 0.324 e. The molecule has 0 saturated carbocycles. The maximum Gasteiger partial charge on any atom is 0.324 e. The molecule has 3 amide bonds. The Balaban J connectivity index is 1.56. The van der Waals surface area contributed by atoms with Gasteiger partial charge in [-0.15, -0.1) is 0 Å². The quantitative estimate of drug-likeness (QED) is 0.280. The largest absolute Gasteiger partial charge is 0.382 e. The Hall–Kier alpha value is -4.51. The molecule has 4 rings (SSSR count). The summed E-state index contributed by atoms with van der Waals surface area (Å²) in [4.78, 5) is 35.9. The van der Waals surface area contributed by atoms with Crippen LogP contribution in [0.1, 0.15) is 22.5 Å². The molecule has 0 atom stereocenters. The van der Waals surface area contributed by atoms with Crippen LogP contribution < -0.4 is 21.7 Å². The first-order valence-corrected chi connectivity index (χ1v) is 11.5. The van der Waals surface area contributed by atoms with E-state index in [0.717, 1.165) is 24.2 Å². The lowest BCUT2D eigenvalue weighted by molar-refractivity contribution is 0.0953. The third-order valence-corrected chi connectivity index (χ3v) is 5.48. The number of hydrogen-bond donors (Lipinski definition) is 4. The molecule has 186 valence electrons. The summed E-state index contributed by atoms with van der Waals surface area (Å²) in [5.74, 6) is 0.501. The van der Waals surface area contributed by atoms with Crippen LogP contribution in [0.25, 0.3) is 16.6 Å². The van der Waals surface area contributed by atoms with Gasteiger partial charge in [0.25, 0.3) is 5.91 Å². The molecule has 36 heavy (non-hydrogen) atoms. The van der Waals surface area contributed by atoms with E-state index in [-0.39, 0.29) is 11.7 Å². The number of nitrogens with one attached hydrogen (secondary N) is 3. The van der Waals surface area contributed by atoms with E-state index in [1.807, 2.05) is 45.3 Å². The number of anilines is 3. The van der Waals surface area contributed by atoms with Crippen LogP contribution in [0.4, 0.5) is 22.1 Å². The molecular formula is C25H29N9O2. The molecule has 0 fully saturated rings. The van der Waals surface area contributed by atoms with Crippen LogP contribution in [0, 0.1) is 6.92 Å². The van der Waals surface area contributed by atoms with Crippen molar-refractivity contribution in [3.8, 4) is 11.1 Å². The summed E-state index contributed by atoms with van der Waals surface area (Å²) in [5, 5.41) is 12.7. The van der Waals surface area contributed by atoms with Crippen molar-refractivity contribution in [1.82, 2.24) is 29.8 Å². The zero-order valence-electron chi connectivity index (χ0n) is 20.4. The van der Waals surface area contributed by atoms with Crippen molar-refractivity contribution in [2.24, 2.45) is 0 Å². The fourth-order valence-corrected chi connectivity index (χ4v) is 3.80. The number of nitrogen functional groups attached to an aromatic ring is 1. The fraction of sp³-hybridized carbons (Fsp3) is 0.240. The molecule has 3 aromatic heterocycles. The average molecular weight is 488 g/mol. The van der Waals surface area contributed by atoms with E-state index in [4.69, 9.17) is 5.73 Å². The zero-order chi connectivity index (χ0) is 25.7. The van der Waals surface area contributed by atoms with Gasteiger partial charge in [-0.3, -0.25) is 10.1 Å². The van der Waals surface area contributed by atoms with Crippen LogP contribution in [0.15, 0.2) is 55.0 Å². The van der Waals surface area contributed by atoms with Crippen LogP contribution in [-0.2, 0) is 0 Å². The monoisotopic (exact) mass is 487 g/mol.